The van der Waals surface area contributed by atoms with E-state index in [0.29, 0.717) is 31.0 Å². The zero-order valence-electron chi connectivity index (χ0n) is 16.0. The van der Waals surface area contributed by atoms with Gasteiger partial charge in [0.1, 0.15) is 6.04 Å². The number of nitrogens with one attached hydrogen (secondary N) is 1. The topological polar surface area (TPSA) is 66.5 Å². The van der Waals surface area contributed by atoms with Crippen LogP contribution in [0.15, 0.2) is 53.4 Å². The summed E-state index contributed by atoms with van der Waals surface area (Å²) >= 11 is 0. The molecule has 144 valence electrons. The molecule has 27 heavy (non-hydrogen) atoms. The quantitative estimate of drug-likeness (QED) is 0.847. The third-order valence-electron chi connectivity index (χ3n) is 4.95. The summed E-state index contributed by atoms with van der Waals surface area (Å²) in [6.45, 7) is 6.45. The van der Waals surface area contributed by atoms with Crippen molar-refractivity contribution < 1.29 is 13.2 Å². The van der Waals surface area contributed by atoms with Gasteiger partial charge in [-0.3, -0.25) is 4.79 Å². The minimum Gasteiger partial charge on any atom is -0.325 e. The van der Waals surface area contributed by atoms with Gasteiger partial charge in [-0.15, -0.1) is 0 Å². The Kier molecular flexibility index (Phi) is 5.67. The number of aryl methyl sites for hydroxylation is 1. The maximum absolute atomic E-state index is 13.0. The van der Waals surface area contributed by atoms with E-state index in [1.54, 1.807) is 24.3 Å². The molecule has 3 rings (SSSR count). The first-order chi connectivity index (χ1) is 12.8. The Morgan fingerprint density at radius 1 is 1.15 bits per heavy atom. The van der Waals surface area contributed by atoms with Crippen molar-refractivity contribution in [2.24, 2.45) is 0 Å². The Hall–Kier alpha value is -2.18. The molecular weight excluding hydrogens is 360 g/mol. The van der Waals surface area contributed by atoms with Gasteiger partial charge in [-0.05, 0) is 55.5 Å². The smallest absolute Gasteiger partial charge is 0.243 e. The highest BCUT2D eigenvalue weighted by molar-refractivity contribution is 7.89. The van der Waals surface area contributed by atoms with Crippen LogP contribution in [0.3, 0.4) is 0 Å². The van der Waals surface area contributed by atoms with Crippen molar-refractivity contribution in [3.8, 4) is 0 Å². The van der Waals surface area contributed by atoms with Gasteiger partial charge in [-0.25, -0.2) is 8.42 Å². The Balaban J connectivity index is 1.80. The number of carbonyl (C=O) groups excluding carboxylic acids is 1. The molecule has 1 aliphatic rings. The van der Waals surface area contributed by atoms with E-state index >= 15 is 0 Å². The lowest BCUT2D eigenvalue weighted by Gasteiger charge is -2.23. The summed E-state index contributed by atoms with van der Waals surface area (Å²) in [6, 6.07) is 13.8. The number of nitrogens with zero attached hydrogens (tertiary/aromatic N) is 1. The van der Waals surface area contributed by atoms with Gasteiger partial charge in [0.05, 0.1) is 4.90 Å². The van der Waals surface area contributed by atoms with Crippen molar-refractivity contribution in [2.75, 3.05) is 11.9 Å². The van der Waals surface area contributed by atoms with Crippen molar-refractivity contribution in [3.63, 3.8) is 0 Å². The average molecular weight is 387 g/mol. The summed E-state index contributed by atoms with van der Waals surface area (Å²) in [5.74, 6) is 0.0795. The lowest BCUT2D eigenvalue weighted by Crippen LogP contribution is -2.43. The summed E-state index contributed by atoms with van der Waals surface area (Å²) in [5.41, 5.74) is 2.82. The number of sulfonamides is 1. The molecule has 2 aromatic carbocycles. The van der Waals surface area contributed by atoms with Gasteiger partial charge < -0.3 is 5.32 Å². The normalized spacial score (nSPS) is 18.0. The molecule has 1 saturated heterocycles. The van der Waals surface area contributed by atoms with Crippen LogP contribution in [0.1, 0.15) is 43.7 Å². The zero-order valence-corrected chi connectivity index (χ0v) is 16.8. The number of rotatable bonds is 5. The van der Waals surface area contributed by atoms with Crippen LogP contribution in [0.4, 0.5) is 5.69 Å². The maximum Gasteiger partial charge on any atom is 0.243 e. The molecule has 1 heterocycles. The summed E-state index contributed by atoms with van der Waals surface area (Å²) in [7, 11) is -3.69. The molecule has 0 bridgehead atoms. The fourth-order valence-corrected chi connectivity index (χ4v) is 4.99. The van der Waals surface area contributed by atoms with Crippen molar-refractivity contribution in [3.05, 3.63) is 59.7 Å². The van der Waals surface area contributed by atoms with E-state index in [-0.39, 0.29) is 10.8 Å². The highest BCUT2D eigenvalue weighted by Crippen LogP contribution is 2.27. The Morgan fingerprint density at radius 3 is 2.52 bits per heavy atom. The van der Waals surface area contributed by atoms with Crippen LogP contribution in [0.25, 0.3) is 0 Å². The first-order valence-electron chi connectivity index (χ1n) is 9.28. The van der Waals surface area contributed by atoms with Crippen LogP contribution in [0.5, 0.6) is 0 Å². The average Bonchev–Trinajstić information content (AvgIpc) is 3.13. The predicted octanol–water partition coefficient (Wildman–Crippen LogP) is 3.91. The molecule has 0 aliphatic carbocycles. The first kappa shape index (κ1) is 19.6. The standard InChI is InChI=1S/C21H26N2O3S/c1-15(2)17-6-4-7-18(14-17)22-21(24)20-8-5-13-23(20)27(25,26)19-11-9-16(3)10-12-19/h4,6-7,9-12,14-15,20H,5,8,13H2,1-3H3,(H,22,24)/t20-/m1/s1. The van der Waals surface area contributed by atoms with Crippen LogP contribution in [0.2, 0.25) is 0 Å². The highest BCUT2D eigenvalue weighted by atomic mass is 32.2. The third kappa shape index (κ3) is 4.22. The minimum atomic E-state index is -3.69. The zero-order chi connectivity index (χ0) is 19.6. The van der Waals surface area contributed by atoms with E-state index in [1.807, 2.05) is 31.2 Å². The van der Waals surface area contributed by atoms with Gasteiger partial charge in [-0.2, -0.15) is 4.31 Å². The molecule has 1 atom stereocenters. The van der Waals surface area contributed by atoms with Gasteiger partial charge in [0.2, 0.25) is 15.9 Å². The van der Waals surface area contributed by atoms with Gasteiger partial charge >= 0.3 is 0 Å². The van der Waals surface area contributed by atoms with E-state index in [9.17, 15) is 13.2 Å². The molecule has 5 nitrogen and oxygen atoms in total. The van der Waals surface area contributed by atoms with E-state index in [0.717, 1.165) is 11.1 Å². The van der Waals surface area contributed by atoms with Crippen molar-refractivity contribution in [2.45, 2.75) is 50.5 Å². The van der Waals surface area contributed by atoms with Crippen LogP contribution in [-0.4, -0.2) is 31.2 Å². The molecule has 0 aromatic heterocycles. The molecule has 1 aliphatic heterocycles. The van der Waals surface area contributed by atoms with E-state index < -0.39 is 16.1 Å². The van der Waals surface area contributed by atoms with E-state index in [2.05, 4.69) is 19.2 Å². The minimum absolute atomic E-state index is 0.231. The molecule has 1 fully saturated rings. The number of hydrogen-bond donors (Lipinski definition) is 1. The van der Waals surface area contributed by atoms with E-state index in [1.165, 1.54) is 4.31 Å². The summed E-state index contributed by atoms with van der Waals surface area (Å²) in [4.78, 5) is 13.1. The number of anilines is 1. The van der Waals surface area contributed by atoms with Gasteiger partial charge in [0.25, 0.3) is 0 Å². The van der Waals surface area contributed by atoms with Crippen molar-refractivity contribution in [1.29, 1.82) is 0 Å². The second-order valence-electron chi connectivity index (χ2n) is 7.36. The summed E-state index contributed by atoms with van der Waals surface area (Å²) in [6.07, 6.45) is 1.20. The predicted molar refractivity (Wildman–Crippen MR) is 107 cm³/mol. The molecule has 6 heteroatoms. The van der Waals surface area contributed by atoms with Crippen LogP contribution in [-0.2, 0) is 14.8 Å². The largest absolute Gasteiger partial charge is 0.325 e. The number of benzene rings is 2. The lowest BCUT2D eigenvalue weighted by molar-refractivity contribution is -0.119. The van der Waals surface area contributed by atoms with Gasteiger partial charge in [0, 0.05) is 12.2 Å². The Morgan fingerprint density at radius 2 is 1.85 bits per heavy atom. The molecule has 1 N–H and O–H groups in total. The number of amides is 1. The fourth-order valence-electron chi connectivity index (χ4n) is 3.34. The van der Waals surface area contributed by atoms with Crippen molar-refractivity contribution in [1.82, 2.24) is 4.31 Å². The first-order valence-corrected chi connectivity index (χ1v) is 10.7. The molecular formula is C21H26N2O3S. The molecule has 0 spiro atoms. The number of hydrogen-bond acceptors (Lipinski definition) is 3. The highest BCUT2D eigenvalue weighted by Gasteiger charge is 2.39. The molecule has 0 unspecified atom stereocenters. The molecule has 2 aromatic rings. The molecule has 0 radical (unpaired) electrons. The monoisotopic (exact) mass is 386 g/mol. The number of carbonyl (C=O) groups is 1. The Bertz CT molecular complexity index is 921. The van der Waals surface area contributed by atoms with Crippen LogP contribution in [0, 0.1) is 6.92 Å². The fraction of sp³-hybridized carbons (Fsp3) is 0.381. The molecule has 1 amide bonds. The lowest BCUT2D eigenvalue weighted by atomic mass is 10.0. The van der Waals surface area contributed by atoms with Crippen LogP contribution >= 0.6 is 0 Å². The third-order valence-corrected chi connectivity index (χ3v) is 6.88. The van der Waals surface area contributed by atoms with E-state index in [4.69, 9.17) is 0 Å². The van der Waals surface area contributed by atoms with Gasteiger partial charge in [-0.1, -0.05) is 43.7 Å². The maximum atomic E-state index is 13.0. The summed E-state index contributed by atoms with van der Waals surface area (Å²) in [5, 5.41) is 2.90. The van der Waals surface area contributed by atoms with Crippen LogP contribution < -0.4 is 5.32 Å². The van der Waals surface area contributed by atoms with Crippen molar-refractivity contribution >= 4 is 21.6 Å². The second-order valence-corrected chi connectivity index (χ2v) is 9.25. The second kappa shape index (κ2) is 7.82. The summed E-state index contributed by atoms with van der Waals surface area (Å²) < 4.78 is 27.3. The Labute approximate surface area is 161 Å². The SMILES string of the molecule is Cc1ccc(S(=O)(=O)N2CCC[C@@H]2C(=O)Nc2cccc(C(C)C)c2)cc1. The molecule has 0 saturated carbocycles. The van der Waals surface area contributed by atoms with Gasteiger partial charge in [0.15, 0.2) is 0 Å².